The molecule has 20 heavy (non-hydrogen) atoms. The summed E-state index contributed by atoms with van der Waals surface area (Å²) in [5, 5.41) is 13.6. The normalized spacial score (nSPS) is 11.9. The molecule has 0 saturated carbocycles. The second kappa shape index (κ2) is 6.02. The van der Waals surface area contributed by atoms with E-state index in [9.17, 15) is 9.59 Å². The summed E-state index contributed by atoms with van der Waals surface area (Å²) in [6.45, 7) is 1.81. The Labute approximate surface area is 124 Å². The van der Waals surface area contributed by atoms with Crippen LogP contribution in [0, 0.1) is 0 Å². The predicted molar refractivity (Wildman–Crippen MR) is 76.4 cm³/mol. The van der Waals surface area contributed by atoms with Gasteiger partial charge in [0.2, 0.25) is 0 Å². The zero-order valence-corrected chi connectivity index (χ0v) is 12.0. The molecule has 0 aliphatic carbocycles. The number of nitrogens with zero attached hydrogens (tertiary/aromatic N) is 1. The van der Waals surface area contributed by atoms with Crippen molar-refractivity contribution < 1.29 is 14.7 Å². The third-order valence-electron chi connectivity index (χ3n) is 2.61. The monoisotopic (exact) mass is 310 g/mol. The lowest BCUT2D eigenvalue weighted by Crippen LogP contribution is -2.26. The largest absolute Gasteiger partial charge is 0.476 e. The number of carbonyl (C=O) groups is 2. The summed E-state index contributed by atoms with van der Waals surface area (Å²) in [6.07, 6.45) is 0. The highest BCUT2D eigenvalue weighted by Gasteiger charge is 2.17. The van der Waals surface area contributed by atoms with Crippen LogP contribution in [0.4, 0.5) is 0 Å². The Bertz CT molecular complexity index is 657. The second-order valence-electron chi connectivity index (χ2n) is 4.09. The average molecular weight is 311 g/mol. The van der Waals surface area contributed by atoms with Gasteiger partial charge in [-0.3, -0.25) is 4.79 Å². The maximum Gasteiger partial charge on any atom is 0.355 e. The van der Waals surface area contributed by atoms with Crippen LogP contribution in [0.2, 0.25) is 5.02 Å². The second-order valence-corrected chi connectivity index (χ2v) is 5.39. The Morgan fingerprint density at radius 2 is 2.20 bits per heavy atom. The number of rotatable bonds is 4. The Hall–Kier alpha value is -1.92. The Balaban J connectivity index is 2.08. The molecule has 7 heteroatoms. The lowest BCUT2D eigenvalue weighted by Gasteiger charge is -2.13. The van der Waals surface area contributed by atoms with Gasteiger partial charge in [0.25, 0.3) is 5.91 Å². The van der Waals surface area contributed by atoms with Crippen LogP contribution < -0.4 is 5.32 Å². The van der Waals surface area contributed by atoms with E-state index in [1.165, 1.54) is 5.38 Å². The summed E-state index contributed by atoms with van der Waals surface area (Å²) >= 11 is 6.89. The highest BCUT2D eigenvalue weighted by molar-refractivity contribution is 7.11. The van der Waals surface area contributed by atoms with Gasteiger partial charge in [-0.1, -0.05) is 23.7 Å². The molecule has 1 atom stereocenters. The molecule has 1 aromatic heterocycles. The topological polar surface area (TPSA) is 79.3 Å². The molecule has 0 aliphatic heterocycles. The number of amides is 1. The van der Waals surface area contributed by atoms with E-state index in [-0.39, 0.29) is 16.7 Å². The van der Waals surface area contributed by atoms with E-state index in [0.717, 1.165) is 16.9 Å². The molecule has 5 nitrogen and oxygen atoms in total. The van der Waals surface area contributed by atoms with Crippen molar-refractivity contribution in [3.63, 3.8) is 0 Å². The molecule has 0 aliphatic rings. The number of hydrogen-bond acceptors (Lipinski definition) is 4. The van der Waals surface area contributed by atoms with Crippen molar-refractivity contribution in [2.45, 2.75) is 13.0 Å². The number of thiazole rings is 1. The van der Waals surface area contributed by atoms with E-state index in [0.29, 0.717) is 5.02 Å². The summed E-state index contributed by atoms with van der Waals surface area (Å²) in [6, 6.07) is 6.91. The summed E-state index contributed by atoms with van der Waals surface area (Å²) in [4.78, 5) is 26.4. The molecule has 1 amide bonds. The summed E-state index contributed by atoms with van der Waals surface area (Å²) in [7, 11) is 0. The first kappa shape index (κ1) is 14.5. The van der Waals surface area contributed by atoms with Crippen molar-refractivity contribution in [3.8, 4) is 0 Å². The fourth-order valence-corrected chi connectivity index (χ4v) is 2.49. The van der Waals surface area contributed by atoms with Crippen molar-refractivity contribution in [1.82, 2.24) is 10.3 Å². The molecule has 1 unspecified atom stereocenters. The lowest BCUT2D eigenvalue weighted by molar-refractivity contribution is 0.0691. The van der Waals surface area contributed by atoms with Crippen molar-refractivity contribution in [2.75, 3.05) is 0 Å². The van der Waals surface area contributed by atoms with E-state index in [2.05, 4.69) is 10.3 Å². The number of carboxylic acid groups (broad SMARTS) is 1. The highest BCUT2D eigenvalue weighted by atomic mass is 35.5. The van der Waals surface area contributed by atoms with Gasteiger partial charge in [-0.2, -0.15) is 0 Å². The molecular weight excluding hydrogens is 300 g/mol. The third kappa shape index (κ3) is 3.34. The van der Waals surface area contributed by atoms with Crippen LogP contribution in [0.5, 0.6) is 0 Å². The van der Waals surface area contributed by atoms with Gasteiger partial charge in [-0.05, 0) is 24.6 Å². The SMILES string of the molecule is CC(NC(=O)c1nc(C(=O)O)cs1)c1cccc(Cl)c1. The van der Waals surface area contributed by atoms with Crippen molar-refractivity contribution in [3.05, 3.63) is 50.9 Å². The molecule has 0 radical (unpaired) electrons. The predicted octanol–water partition coefficient (Wildman–Crippen LogP) is 2.99. The number of hydrogen-bond donors (Lipinski definition) is 2. The van der Waals surface area contributed by atoms with Crippen LogP contribution in [-0.2, 0) is 0 Å². The third-order valence-corrected chi connectivity index (χ3v) is 3.69. The first-order valence-corrected chi connectivity index (χ1v) is 6.98. The molecule has 0 bridgehead atoms. The standard InChI is InChI=1S/C13H11ClN2O3S/c1-7(8-3-2-4-9(14)5-8)15-11(17)12-16-10(6-20-12)13(18)19/h2-7H,1H3,(H,15,17)(H,18,19). The Kier molecular flexibility index (Phi) is 4.36. The molecule has 0 spiro atoms. The van der Waals surface area contributed by atoms with Gasteiger partial charge in [0, 0.05) is 10.4 Å². The fourth-order valence-electron chi connectivity index (χ4n) is 1.59. The molecule has 0 saturated heterocycles. The highest BCUT2D eigenvalue weighted by Crippen LogP contribution is 2.18. The number of benzene rings is 1. The average Bonchev–Trinajstić information content (AvgIpc) is 2.88. The van der Waals surface area contributed by atoms with E-state index >= 15 is 0 Å². The van der Waals surface area contributed by atoms with E-state index in [1.54, 1.807) is 18.2 Å². The molecule has 104 valence electrons. The van der Waals surface area contributed by atoms with Crippen molar-refractivity contribution in [1.29, 1.82) is 0 Å². The zero-order chi connectivity index (χ0) is 14.7. The van der Waals surface area contributed by atoms with Gasteiger partial charge in [-0.15, -0.1) is 11.3 Å². The molecule has 1 heterocycles. The maximum atomic E-state index is 12.0. The minimum absolute atomic E-state index is 0.122. The summed E-state index contributed by atoms with van der Waals surface area (Å²) in [5.74, 6) is -1.56. The maximum absolute atomic E-state index is 12.0. The van der Waals surface area contributed by atoms with Crippen LogP contribution in [0.25, 0.3) is 0 Å². The minimum atomic E-state index is -1.15. The van der Waals surface area contributed by atoms with Gasteiger partial charge >= 0.3 is 5.97 Å². The van der Waals surface area contributed by atoms with Gasteiger partial charge in [0.15, 0.2) is 10.7 Å². The zero-order valence-electron chi connectivity index (χ0n) is 10.5. The lowest BCUT2D eigenvalue weighted by atomic mass is 10.1. The molecule has 2 aromatic rings. The number of carboxylic acids is 1. The number of carbonyl (C=O) groups excluding carboxylic acids is 1. The van der Waals surface area contributed by atoms with Crippen molar-refractivity contribution in [2.24, 2.45) is 0 Å². The van der Waals surface area contributed by atoms with Crippen LogP contribution in [0.3, 0.4) is 0 Å². The summed E-state index contributed by atoms with van der Waals surface area (Å²) < 4.78 is 0. The molecule has 0 fully saturated rings. The number of halogens is 1. The van der Waals surface area contributed by atoms with Crippen LogP contribution >= 0.6 is 22.9 Å². The Morgan fingerprint density at radius 1 is 1.45 bits per heavy atom. The smallest absolute Gasteiger partial charge is 0.355 e. The molecule has 1 aromatic carbocycles. The van der Waals surface area contributed by atoms with Crippen molar-refractivity contribution >= 4 is 34.8 Å². The minimum Gasteiger partial charge on any atom is -0.476 e. The van der Waals surface area contributed by atoms with Gasteiger partial charge in [0.05, 0.1) is 6.04 Å². The van der Waals surface area contributed by atoms with E-state index < -0.39 is 11.9 Å². The summed E-state index contributed by atoms with van der Waals surface area (Å²) in [5.41, 5.74) is 0.733. The fraction of sp³-hybridized carbons (Fsp3) is 0.154. The van der Waals surface area contributed by atoms with Crippen LogP contribution in [0.1, 0.15) is 38.8 Å². The number of aromatic carboxylic acids is 1. The first-order valence-electron chi connectivity index (χ1n) is 5.72. The molecular formula is C13H11ClN2O3S. The molecule has 2 rings (SSSR count). The van der Waals surface area contributed by atoms with E-state index in [4.69, 9.17) is 16.7 Å². The Morgan fingerprint density at radius 3 is 2.80 bits per heavy atom. The van der Waals surface area contributed by atoms with Crippen LogP contribution in [-0.4, -0.2) is 22.0 Å². The number of nitrogens with one attached hydrogen (secondary N) is 1. The quantitative estimate of drug-likeness (QED) is 0.910. The van der Waals surface area contributed by atoms with Gasteiger partial charge in [-0.25, -0.2) is 9.78 Å². The number of aromatic nitrogens is 1. The first-order chi connectivity index (χ1) is 9.47. The van der Waals surface area contributed by atoms with Crippen LogP contribution in [0.15, 0.2) is 29.6 Å². The van der Waals surface area contributed by atoms with Gasteiger partial charge < -0.3 is 10.4 Å². The van der Waals surface area contributed by atoms with E-state index in [1.807, 2.05) is 13.0 Å². The van der Waals surface area contributed by atoms with Gasteiger partial charge in [0.1, 0.15) is 0 Å². The molecule has 2 N–H and O–H groups in total.